The molecule has 1 aromatic heterocycles. The number of carbonyl (C=O) groups is 1. The second-order valence-electron chi connectivity index (χ2n) is 8.83. The van der Waals surface area contributed by atoms with Gasteiger partial charge in [-0.05, 0) is 68.3 Å². The Balaban J connectivity index is 1.76. The van der Waals surface area contributed by atoms with E-state index in [0.717, 1.165) is 16.7 Å². The van der Waals surface area contributed by atoms with Crippen molar-refractivity contribution in [2.24, 2.45) is 0 Å². The van der Waals surface area contributed by atoms with Crippen LogP contribution < -0.4 is 19.8 Å². The first-order valence-electron chi connectivity index (χ1n) is 11.9. The molecule has 1 unspecified atom stereocenters. The minimum absolute atomic E-state index is 0.0628. The fourth-order valence-electron chi connectivity index (χ4n) is 4.68. The highest BCUT2D eigenvalue weighted by Crippen LogP contribution is 2.43. The van der Waals surface area contributed by atoms with E-state index in [-0.39, 0.29) is 17.1 Å². The van der Waals surface area contributed by atoms with Crippen molar-refractivity contribution in [1.82, 2.24) is 0 Å². The summed E-state index contributed by atoms with van der Waals surface area (Å²) >= 11 is 0. The Bertz CT molecular complexity index is 1550. The number of hydrogen-bond acceptors (Lipinski definition) is 5. The van der Waals surface area contributed by atoms with Crippen molar-refractivity contribution in [1.29, 1.82) is 0 Å². The number of fused-ring (bicyclic) bond motifs is 2. The summed E-state index contributed by atoms with van der Waals surface area (Å²) in [5.41, 5.74) is 3.84. The minimum Gasteiger partial charge on any atom is -0.490 e. The summed E-state index contributed by atoms with van der Waals surface area (Å²) in [7, 11) is 0. The highest BCUT2D eigenvalue weighted by Gasteiger charge is 2.44. The van der Waals surface area contributed by atoms with Crippen LogP contribution in [0.15, 0.2) is 82.5 Å². The molecule has 0 saturated heterocycles. The van der Waals surface area contributed by atoms with E-state index in [4.69, 9.17) is 13.9 Å². The molecule has 6 heteroatoms. The zero-order valence-electron chi connectivity index (χ0n) is 20.5. The summed E-state index contributed by atoms with van der Waals surface area (Å²) in [5.74, 6) is 0.800. The van der Waals surface area contributed by atoms with E-state index in [1.165, 1.54) is 0 Å². The molecule has 0 spiro atoms. The van der Waals surface area contributed by atoms with E-state index in [2.05, 4.69) is 6.58 Å². The zero-order valence-corrected chi connectivity index (χ0v) is 20.5. The van der Waals surface area contributed by atoms with Gasteiger partial charge in [0.2, 0.25) is 5.76 Å². The van der Waals surface area contributed by atoms with E-state index in [1.807, 2.05) is 63.2 Å². The number of nitrogens with zero attached hydrogens (tertiary/aromatic N) is 1. The van der Waals surface area contributed by atoms with Gasteiger partial charge in [-0.15, -0.1) is 0 Å². The number of anilines is 1. The largest absolute Gasteiger partial charge is 0.490 e. The normalized spacial score (nSPS) is 14.7. The fraction of sp³-hybridized carbons (Fsp3) is 0.200. The third kappa shape index (κ3) is 3.94. The molecule has 36 heavy (non-hydrogen) atoms. The number of amides is 1. The molecule has 0 N–H and O–H groups in total. The minimum atomic E-state index is -0.692. The van der Waals surface area contributed by atoms with Crippen molar-refractivity contribution in [3.05, 3.63) is 112 Å². The molecule has 0 radical (unpaired) electrons. The number of benzene rings is 3. The van der Waals surface area contributed by atoms with E-state index in [1.54, 1.807) is 29.2 Å². The van der Waals surface area contributed by atoms with Gasteiger partial charge in [-0.2, -0.15) is 0 Å². The first-order chi connectivity index (χ1) is 17.4. The standard InChI is InChI=1S/C30H27NO5/c1-5-14-35-24-13-11-20(17-25(24)34-6-2)27-26-28(32)22-16-19(4)10-12-23(22)36-29(26)30(33)31(27)21-9-7-8-18(3)15-21/h5,7-13,15-17,27H,1,6,14H2,2-4H3. The van der Waals surface area contributed by atoms with Gasteiger partial charge in [0.25, 0.3) is 5.91 Å². The highest BCUT2D eigenvalue weighted by molar-refractivity contribution is 6.10. The van der Waals surface area contributed by atoms with Crippen LogP contribution in [0.25, 0.3) is 11.0 Å². The number of ether oxygens (including phenoxy) is 2. The molecule has 0 fully saturated rings. The third-order valence-electron chi connectivity index (χ3n) is 6.25. The second kappa shape index (κ2) is 9.38. The predicted molar refractivity (Wildman–Crippen MR) is 140 cm³/mol. The van der Waals surface area contributed by atoms with Gasteiger partial charge in [-0.1, -0.05) is 42.5 Å². The molecule has 2 heterocycles. The molecular weight excluding hydrogens is 454 g/mol. The summed E-state index contributed by atoms with van der Waals surface area (Å²) in [6, 6.07) is 17.9. The molecule has 1 aliphatic rings. The van der Waals surface area contributed by atoms with E-state index in [9.17, 15) is 9.59 Å². The molecule has 0 aliphatic carbocycles. The summed E-state index contributed by atoms with van der Waals surface area (Å²) < 4.78 is 17.7. The van der Waals surface area contributed by atoms with Gasteiger partial charge >= 0.3 is 0 Å². The van der Waals surface area contributed by atoms with Gasteiger partial charge in [0, 0.05) is 5.69 Å². The van der Waals surface area contributed by atoms with Crippen LogP contribution in [-0.4, -0.2) is 19.1 Å². The Labute approximate surface area is 209 Å². The zero-order chi connectivity index (χ0) is 25.4. The van der Waals surface area contributed by atoms with Crippen molar-refractivity contribution >= 4 is 22.6 Å². The van der Waals surface area contributed by atoms with E-state index >= 15 is 0 Å². The SMILES string of the molecule is C=CCOc1ccc(C2c3c(oc4ccc(C)cc4c3=O)C(=O)N2c2cccc(C)c2)cc1OCC. The number of hydrogen-bond donors (Lipinski definition) is 0. The molecule has 0 saturated carbocycles. The Morgan fingerprint density at radius 3 is 2.53 bits per heavy atom. The summed E-state index contributed by atoms with van der Waals surface area (Å²) in [4.78, 5) is 29.3. The molecular formula is C30H27NO5. The average Bonchev–Trinajstić information content (AvgIpc) is 3.16. The lowest BCUT2D eigenvalue weighted by molar-refractivity contribution is 0.0971. The molecule has 1 aliphatic heterocycles. The topological polar surface area (TPSA) is 69.0 Å². The summed E-state index contributed by atoms with van der Waals surface area (Å²) in [5, 5.41) is 0.452. The second-order valence-corrected chi connectivity index (χ2v) is 8.83. The Morgan fingerprint density at radius 2 is 1.78 bits per heavy atom. The quantitative estimate of drug-likeness (QED) is 0.297. The average molecular weight is 482 g/mol. The molecule has 1 amide bonds. The first-order valence-corrected chi connectivity index (χ1v) is 11.9. The Kier molecular flexibility index (Phi) is 6.10. The maximum atomic E-state index is 13.9. The third-order valence-corrected chi connectivity index (χ3v) is 6.25. The van der Waals surface area contributed by atoms with Crippen LogP contribution in [0.2, 0.25) is 0 Å². The van der Waals surface area contributed by atoms with Crippen molar-refractivity contribution in [2.75, 3.05) is 18.1 Å². The number of aryl methyl sites for hydroxylation is 2. The number of rotatable bonds is 7. The Morgan fingerprint density at radius 1 is 0.972 bits per heavy atom. The summed E-state index contributed by atoms with van der Waals surface area (Å²) in [6.45, 7) is 10.2. The lowest BCUT2D eigenvalue weighted by Gasteiger charge is -2.26. The van der Waals surface area contributed by atoms with Crippen LogP contribution in [0.1, 0.15) is 45.8 Å². The van der Waals surface area contributed by atoms with Crippen LogP contribution in [0.3, 0.4) is 0 Å². The molecule has 3 aromatic carbocycles. The fourth-order valence-corrected chi connectivity index (χ4v) is 4.68. The van der Waals surface area contributed by atoms with Crippen molar-refractivity contribution in [2.45, 2.75) is 26.8 Å². The molecule has 5 rings (SSSR count). The molecule has 182 valence electrons. The van der Waals surface area contributed by atoms with Gasteiger partial charge in [0.1, 0.15) is 12.2 Å². The Hall–Kier alpha value is -4.32. The van der Waals surface area contributed by atoms with Gasteiger partial charge < -0.3 is 13.9 Å². The monoisotopic (exact) mass is 481 g/mol. The van der Waals surface area contributed by atoms with Crippen molar-refractivity contribution in [3.8, 4) is 11.5 Å². The summed E-state index contributed by atoms with van der Waals surface area (Å²) in [6.07, 6.45) is 1.66. The van der Waals surface area contributed by atoms with Gasteiger partial charge in [-0.25, -0.2) is 0 Å². The lowest BCUT2D eigenvalue weighted by atomic mass is 9.97. The van der Waals surface area contributed by atoms with Gasteiger partial charge in [-0.3, -0.25) is 14.5 Å². The van der Waals surface area contributed by atoms with Crippen molar-refractivity contribution in [3.63, 3.8) is 0 Å². The van der Waals surface area contributed by atoms with Crippen LogP contribution in [0.5, 0.6) is 11.5 Å². The van der Waals surface area contributed by atoms with Crippen LogP contribution >= 0.6 is 0 Å². The van der Waals surface area contributed by atoms with Gasteiger partial charge in [0.05, 0.1) is 23.6 Å². The van der Waals surface area contributed by atoms with Crippen LogP contribution in [0, 0.1) is 13.8 Å². The molecule has 0 bridgehead atoms. The maximum Gasteiger partial charge on any atom is 0.295 e. The smallest absolute Gasteiger partial charge is 0.295 e. The first kappa shape index (κ1) is 23.4. The lowest BCUT2D eigenvalue weighted by Crippen LogP contribution is -2.29. The van der Waals surface area contributed by atoms with Crippen LogP contribution in [-0.2, 0) is 0 Å². The molecule has 6 nitrogen and oxygen atoms in total. The number of carbonyl (C=O) groups excluding carboxylic acids is 1. The molecule has 4 aromatic rings. The van der Waals surface area contributed by atoms with Crippen LogP contribution in [0.4, 0.5) is 5.69 Å². The van der Waals surface area contributed by atoms with E-state index in [0.29, 0.717) is 46.9 Å². The van der Waals surface area contributed by atoms with Crippen molar-refractivity contribution < 1.29 is 18.7 Å². The predicted octanol–water partition coefficient (Wildman–Crippen LogP) is 6.12. The molecule has 1 atom stereocenters. The maximum absolute atomic E-state index is 13.9. The highest BCUT2D eigenvalue weighted by atomic mass is 16.5. The van der Waals surface area contributed by atoms with Gasteiger partial charge in [0.15, 0.2) is 16.9 Å². The van der Waals surface area contributed by atoms with E-state index < -0.39 is 6.04 Å².